The van der Waals surface area contributed by atoms with Crippen molar-refractivity contribution in [2.75, 3.05) is 19.6 Å². The summed E-state index contributed by atoms with van der Waals surface area (Å²) >= 11 is 3.40. The molecule has 2 aliphatic rings. The van der Waals surface area contributed by atoms with Crippen molar-refractivity contribution in [2.45, 2.75) is 12.5 Å². The quantitative estimate of drug-likeness (QED) is 0.757. The van der Waals surface area contributed by atoms with Crippen molar-refractivity contribution in [3.8, 4) is 0 Å². The van der Waals surface area contributed by atoms with E-state index in [2.05, 4.69) is 28.1 Å². The van der Waals surface area contributed by atoms with Crippen LogP contribution in [0.25, 0.3) is 0 Å². The van der Waals surface area contributed by atoms with Crippen molar-refractivity contribution in [1.29, 1.82) is 0 Å². The molecule has 0 saturated carbocycles. The van der Waals surface area contributed by atoms with Gasteiger partial charge in [0.15, 0.2) is 0 Å². The van der Waals surface area contributed by atoms with Crippen LogP contribution in [0.3, 0.4) is 0 Å². The fourth-order valence-electron chi connectivity index (χ4n) is 3.63. The van der Waals surface area contributed by atoms with E-state index in [1.54, 1.807) is 17.0 Å². The lowest BCUT2D eigenvalue weighted by Gasteiger charge is -2.44. The first-order valence-electron chi connectivity index (χ1n) is 8.05. The summed E-state index contributed by atoms with van der Waals surface area (Å²) in [6.07, 6.45) is 0.887. The summed E-state index contributed by atoms with van der Waals surface area (Å²) in [6.45, 7) is 1.44. The molecule has 0 unspecified atom stereocenters. The molecule has 122 valence electrons. The summed E-state index contributed by atoms with van der Waals surface area (Å²) in [5.74, 6) is -0.0588. The minimum absolute atomic E-state index is 0.0316. The molecule has 1 fully saturated rings. The Labute approximate surface area is 149 Å². The van der Waals surface area contributed by atoms with E-state index >= 15 is 0 Å². The summed E-state index contributed by atoms with van der Waals surface area (Å²) in [4.78, 5) is 29.0. The number of benzene rings is 2. The van der Waals surface area contributed by atoms with Crippen molar-refractivity contribution in [3.63, 3.8) is 0 Å². The molecule has 4 nitrogen and oxygen atoms in total. The van der Waals surface area contributed by atoms with Crippen molar-refractivity contribution in [1.82, 2.24) is 9.80 Å². The van der Waals surface area contributed by atoms with E-state index in [1.165, 1.54) is 11.1 Å². The van der Waals surface area contributed by atoms with E-state index in [-0.39, 0.29) is 24.4 Å². The maximum Gasteiger partial charge on any atom is 0.254 e. The third-order valence-corrected chi connectivity index (χ3v) is 5.30. The van der Waals surface area contributed by atoms with Crippen molar-refractivity contribution in [3.05, 3.63) is 69.7 Å². The van der Waals surface area contributed by atoms with Crippen molar-refractivity contribution >= 4 is 27.7 Å². The Morgan fingerprint density at radius 1 is 1.12 bits per heavy atom. The summed E-state index contributed by atoms with van der Waals surface area (Å²) in [7, 11) is 0. The molecule has 1 atom stereocenters. The topological polar surface area (TPSA) is 40.6 Å². The highest BCUT2D eigenvalue weighted by molar-refractivity contribution is 9.10. The number of carbonyl (C=O) groups excluding carboxylic acids is 2. The Morgan fingerprint density at radius 3 is 2.79 bits per heavy atom. The highest BCUT2D eigenvalue weighted by Gasteiger charge is 2.38. The average Bonchev–Trinajstić information content (AvgIpc) is 2.61. The molecule has 2 aromatic carbocycles. The SMILES string of the molecule is O=C(c1cccc(Br)c1)N1CC(=O)N2CCc3ccccc3[C@H]2C1. The number of rotatable bonds is 1. The molecular weight excluding hydrogens is 368 g/mol. The fraction of sp³-hybridized carbons (Fsp3) is 0.263. The molecule has 2 amide bonds. The predicted octanol–water partition coefficient (Wildman–Crippen LogP) is 3.03. The van der Waals surface area contributed by atoms with Gasteiger partial charge in [-0.05, 0) is 35.7 Å². The highest BCUT2D eigenvalue weighted by Crippen LogP contribution is 2.33. The van der Waals surface area contributed by atoms with Gasteiger partial charge in [0.2, 0.25) is 5.91 Å². The van der Waals surface area contributed by atoms with Gasteiger partial charge >= 0.3 is 0 Å². The van der Waals surface area contributed by atoms with Crippen LogP contribution in [0.5, 0.6) is 0 Å². The molecule has 2 heterocycles. The van der Waals surface area contributed by atoms with Gasteiger partial charge in [-0.2, -0.15) is 0 Å². The molecule has 0 radical (unpaired) electrons. The number of hydrogen-bond donors (Lipinski definition) is 0. The zero-order valence-electron chi connectivity index (χ0n) is 13.1. The third-order valence-electron chi connectivity index (χ3n) is 4.81. The summed E-state index contributed by atoms with van der Waals surface area (Å²) in [6, 6.07) is 15.5. The maximum atomic E-state index is 12.8. The monoisotopic (exact) mass is 384 g/mol. The first kappa shape index (κ1) is 15.4. The summed E-state index contributed by atoms with van der Waals surface area (Å²) in [5, 5.41) is 0. The van der Waals surface area contributed by atoms with E-state index in [4.69, 9.17) is 0 Å². The van der Waals surface area contributed by atoms with Gasteiger partial charge in [0.05, 0.1) is 6.04 Å². The Hall–Kier alpha value is -2.14. The molecule has 24 heavy (non-hydrogen) atoms. The minimum Gasteiger partial charge on any atom is -0.332 e. The number of fused-ring (bicyclic) bond motifs is 3. The number of halogens is 1. The maximum absolute atomic E-state index is 12.8. The van der Waals surface area contributed by atoms with Crippen LogP contribution in [0, 0.1) is 0 Å². The number of carbonyl (C=O) groups is 2. The van der Waals surface area contributed by atoms with Crippen molar-refractivity contribution in [2.24, 2.45) is 0 Å². The van der Waals surface area contributed by atoms with Crippen LogP contribution in [0.2, 0.25) is 0 Å². The lowest BCUT2D eigenvalue weighted by atomic mass is 9.90. The number of hydrogen-bond acceptors (Lipinski definition) is 2. The van der Waals surface area contributed by atoms with Gasteiger partial charge in [0.1, 0.15) is 6.54 Å². The van der Waals surface area contributed by atoms with E-state index in [0.717, 1.165) is 17.4 Å². The zero-order chi connectivity index (χ0) is 16.7. The second kappa shape index (κ2) is 6.06. The van der Waals surface area contributed by atoms with Crippen LogP contribution in [-0.2, 0) is 11.2 Å². The van der Waals surface area contributed by atoms with Gasteiger partial charge < -0.3 is 9.80 Å². The summed E-state index contributed by atoms with van der Waals surface area (Å²) < 4.78 is 0.862. The smallest absolute Gasteiger partial charge is 0.254 e. The van der Waals surface area contributed by atoms with Gasteiger partial charge in [-0.1, -0.05) is 46.3 Å². The second-order valence-corrected chi connectivity index (χ2v) is 7.16. The van der Waals surface area contributed by atoms with Crippen LogP contribution in [0.15, 0.2) is 53.0 Å². The summed E-state index contributed by atoms with van der Waals surface area (Å²) in [5.41, 5.74) is 3.06. The molecule has 4 rings (SSSR count). The molecule has 2 aliphatic heterocycles. The van der Waals surface area contributed by atoms with Gasteiger partial charge in [-0.3, -0.25) is 9.59 Å². The average molecular weight is 385 g/mol. The van der Waals surface area contributed by atoms with Crippen LogP contribution >= 0.6 is 15.9 Å². The lowest BCUT2D eigenvalue weighted by Crippen LogP contribution is -2.55. The van der Waals surface area contributed by atoms with Crippen LogP contribution < -0.4 is 0 Å². The predicted molar refractivity (Wildman–Crippen MR) is 94.6 cm³/mol. The second-order valence-electron chi connectivity index (χ2n) is 6.25. The molecule has 1 saturated heterocycles. The lowest BCUT2D eigenvalue weighted by molar-refractivity contribution is -0.139. The van der Waals surface area contributed by atoms with Crippen LogP contribution in [0.4, 0.5) is 0 Å². The van der Waals surface area contributed by atoms with E-state index < -0.39 is 0 Å². The number of nitrogens with zero attached hydrogens (tertiary/aromatic N) is 2. The van der Waals surface area contributed by atoms with Gasteiger partial charge in [-0.25, -0.2) is 0 Å². The first-order valence-corrected chi connectivity index (χ1v) is 8.85. The highest BCUT2D eigenvalue weighted by atomic mass is 79.9. The molecule has 0 N–H and O–H groups in total. The van der Waals surface area contributed by atoms with Gasteiger partial charge in [-0.15, -0.1) is 0 Å². The Bertz CT molecular complexity index is 821. The Kier molecular flexibility index (Phi) is 3.88. The van der Waals surface area contributed by atoms with Gasteiger partial charge in [0, 0.05) is 23.1 Å². The molecule has 5 heteroatoms. The normalized spacial score (nSPS) is 19.7. The fourth-order valence-corrected chi connectivity index (χ4v) is 4.03. The van der Waals surface area contributed by atoms with E-state index in [1.807, 2.05) is 29.2 Å². The number of amides is 2. The van der Waals surface area contributed by atoms with E-state index in [0.29, 0.717) is 12.1 Å². The standard InChI is InChI=1S/C19H17BrN2O2/c20-15-6-3-5-14(10-15)19(24)21-11-17-16-7-2-1-4-13(16)8-9-22(17)18(23)12-21/h1-7,10,17H,8-9,11-12H2/t17-/m1/s1. The van der Waals surface area contributed by atoms with E-state index in [9.17, 15) is 9.59 Å². The number of piperazine rings is 1. The molecule has 2 aromatic rings. The van der Waals surface area contributed by atoms with Gasteiger partial charge in [0.25, 0.3) is 5.91 Å². The van der Waals surface area contributed by atoms with Crippen molar-refractivity contribution < 1.29 is 9.59 Å². The minimum atomic E-state index is -0.0904. The molecule has 0 aromatic heterocycles. The first-order chi connectivity index (χ1) is 11.6. The van der Waals surface area contributed by atoms with Crippen LogP contribution in [0.1, 0.15) is 27.5 Å². The largest absolute Gasteiger partial charge is 0.332 e. The Balaban J connectivity index is 1.65. The van der Waals surface area contributed by atoms with Crippen LogP contribution in [-0.4, -0.2) is 41.2 Å². The molecule has 0 aliphatic carbocycles. The molecule has 0 spiro atoms. The molecule has 0 bridgehead atoms. The molecular formula is C19H17BrN2O2. The zero-order valence-corrected chi connectivity index (χ0v) is 14.7. The third kappa shape index (κ3) is 2.63. The Morgan fingerprint density at radius 2 is 1.96 bits per heavy atom.